The number of ketones is 1. The van der Waals surface area contributed by atoms with E-state index in [0.717, 1.165) is 31.1 Å². The van der Waals surface area contributed by atoms with E-state index in [1.165, 1.54) is 108 Å². The highest BCUT2D eigenvalue weighted by molar-refractivity contribution is 8.77. The fourth-order valence-electron chi connectivity index (χ4n) is 6.23. The first-order valence-electron chi connectivity index (χ1n) is 23.4. The van der Waals surface area contributed by atoms with Crippen LogP contribution in [-0.4, -0.2) is 149 Å². The van der Waals surface area contributed by atoms with E-state index in [1.807, 2.05) is 21.6 Å². The third-order valence-corrected chi connectivity index (χ3v) is 12.7. The van der Waals surface area contributed by atoms with Crippen molar-refractivity contribution in [2.45, 2.75) is 147 Å². The SMILES string of the molecule is CCCCCCCCCCCCCCCCOCCOCCOCCOCCOCCOCCOCCOCCOCCOCCCC(=O)CCCCC1CCSS1. The van der Waals surface area contributed by atoms with E-state index in [1.54, 1.807) is 0 Å². The lowest BCUT2D eigenvalue weighted by Crippen LogP contribution is -2.15. The third kappa shape index (κ3) is 45.5. The van der Waals surface area contributed by atoms with Crippen molar-refractivity contribution in [1.82, 2.24) is 0 Å². The lowest BCUT2D eigenvalue weighted by atomic mass is 10.0. The monoisotopic (exact) mass is 869 g/mol. The predicted molar refractivity (Wildman–Crippen MR) is 240 cm³/mol. The highest BCUT2D eigenvalue weighted by Crippen LogP contribution is 2.39. The summed E-state index contributed by atoms with van der Waals surface area (Å²) in [6.45, 7) is 13.5. The normalized spacial score (nSPS) is 14.3. The van der Waals surface area contributed by atoms with Crippen molar-refractivity contribution < 1.29 is 52.2 Å². The Balaban J connectivity index is 1.60. The third-order valence-electron chi connectivity index (χ3n) is 9.69. The summed E-state index contributed by atoms with van der Waals surface area (Å²) >= 11 is 0. The number of carbonyl (C=O) groups excluding carboxylic acids is 1. The van der Waals surface area contributed by atoms with Crippen LogP contribution in [0.3, 0.4) is 0 Å². The Kier molecular flexibility index (Phi) is 47.9. The fraction of sp³-hybridized carbons (Fsp3) is 0.978. The van der Waals surface area contributed by atoms with E-state index < -0.39 is 0 Å². The molecule has 13 heteroatoms. The van der Waals surface area contributed by atoms with Crippen molar-refractivity contribution in [2.24, 2.45) is 0 Å². The lowest BCUT2D eigenvalue weighted by Gasteiger charge is -2.09. The fourth-order valence-corrected chi connectivity index (χ4v) is 9.26. The molecule has 11 nitrogen and oxygen atoms in total. The Labute approximate surface area is 363 Å². The molecule has 1 saturated heterocycles. The molecular formula is C45H88O11S2. The number of hydrogen-bond donors (Lipinski definition) is 0. The van der Waals surface area contributed by atoms with Crippen LogP contribution in [-0.2, 0) is 52.2 Å². The molecule has 0 amide bonds. The maximum atomic E-state index is 12.0. The van der Waals surface area contributed by atoms with Crippen LogP contribution in [0.5, 0.6) is 0 Å². The van der Waals surface area contributed by atoms with Crippen LogP contribution in [0, 0.1) is 0 Å². The number of unbranched alkanes of at least 4 members (excludes halogenated alkanes) is 14. The average molecular weight is 869 g/mol. The number of Topliss-reactive ketones (excluding diaryl/α,β-unsaturated/α-hetero) is 1. The summed E-state index contributed by atoms with van der Waals surface area (Å²) in [4.78, 5) is 12.0. The van der Waals surface area contributed by atoms with E-state index in [-0.39, 0.29) is 0 Å². The molecule has 346 valence electrons. The van der Waals surface area contributed by atoms with Gasteiger partial charge >= 0.3 is 0 Å². The second-order valence-corrected chi connectivity index (χ2v) is 17.7. The summed E-state index contributed by atoms with van der Waals surface area (Å²) in [6, 6.07) is 0. The van der Waals surface area contributed by atoms with Crippen molar-refractivity contribution in [3.05, 3.63) is 0 Å². The minimum absolute atomic E-state index is 0.363. The van der Waals surface area contributed by atoms with Gasteiger partial charge in [0.25, 0.3) is 0 Å². The second kappa shape index (κ2) is 49.6. The highest BCUT2D eigenvalue weighted by Gasteiger charge is 2.15. The van der Waals surface area contributed by atoms with E-state index in [0.29, 0.717) is 144 Å². The number of carbonyl (C=O) groups is 1. The van der Waals surface area contributed by atoms with Crippen LogP contribution in [0.15, 0.2) is 0 Å². The topological polar surface area (TPSA) is 109 Å². The van der Waals surface area contributed by atoms with Crippen LogP contribution in [0.1, 0.15) is 142 Å². The van der Waals surface area contributed by atoms with Crippen LogP contribution in [0.2, 0.25) is 0 Å². The molecular weight excluding hydrogens is 781 g/mol. The molecule has 0 saturated carbocycles. The second-order valence-electron chi connectivity index (χ2n) is 14.9. The molecule has 0 radical (unpaired) electrons. The number of ether oxygens (including phenoxy) is 10. The zero-order chi connectivity index (χ0) is 41.3. The van der Waals surface area contributed by atoms with Crippen LogP contribution >= 0.6 is 21.6 Å². The van der Waals surface area contributed by atoms with Crippen molar-refractivity contribution in [3.8, 4) is 0 Å². The molecule has 1 aliphatic heterocycles. The molecule has 0 N–H and O–H groups in total. The van der Waals surface area contributed by atoms with Gasteiger partial charge in [-0.05, 0) is 32.1 Å². The Morgan fingerprint density at radius 3 is 1.03 bits per heavy atom. The highest BCUT2D eigenvalue weighted by atomic mass is 33.1. The van der Waals surface area contributed by atoms with Gasteiger partial charge in [-0.3, -0.25) is 4.79 Å². The van der Waals surface area contributed by atoms with Crippen molar-refractivity contribution in [1.29, 1.82) is 0 Å². The maximum Gasteiger partial charge on any atom is 0.132 e. The molecule has 1 fully saturated rings. The average Bonchev–Trinajstić information content (AvgIpc) is 3.76. The molecule has 1 aliphatic rings. The Bertz CT molecular complexity index is 796. The van der Waals surface area contributed by atoms with E-state index >= 15 is 0 Å². The Morgan fingerprint density at radius 2 is 0.690 bits per heavy atom. The zero-order valence-electron chi connectivity index (χ0n) is 37.1. The standard InChI is InChI=1S/C45H88O11S2/c1-2-3-4-5-6-7-8-9-10-11-12-13-14-17-23-47-25-27-49-29-31-51-33-35-53-37-39-55-41-42-56-40-38-54-36-34-52-32-30-50-28-26-48-24-18-20-44(46)19-15-16-21-45-22-43-57-58-45/h45H,2-43H2,1H3. The van der Waals surface area contributed by atoms with Gasteiger partial charge in [0.05, 0.1) is 119 Å². The predicted octanol–water partition coefficient (Wildman–Crippen LogP) is 9.70. The summed E-state index contributed by atoms with van der Waals surface area (Å²) in [5.74, 6) is 1.64. The zero-order valence-corrected chi connectivity index (χ0v) is 38.7. The van der Waals surface area contributed by atoms with E-state index in [2.05, 4.69) is 6.92 Å². The van der Waals surface area contributed by atoms with Gasteiger partial charge < -0.3 is 47.4 Å². The molecule has 0 spiro atoms. The molecule has 0 aromatic carbocycles. The largest absolute Gasteiger partial charge is 0.379 e. The molecule has 1 rings (SSSR count). The van der Waals surface area contributed by atoms with Gasteiger partial charge in [-0.25, -0.2) is 0 Å². The first-order chi connectivity index (χ1) is 28.8. The van der Waals surface area contributed by atoms with Crippen molar-refractivity contribution >= 4 is 27.4 Å². The summed E-state index contributed by atoms with van der Waals surface area (Å²) in [6.07, 6.45) is 26.1. The number of rotatable bonds is 51. The molecule has 0 bridgehead atoms. The molecule has 1 atom stereocenters. The molecule has 0 aliphatic carbocycles. The summed E-state index contributed by atoms with van der Waals surface area (Å²) in [5, 5.41) is 0.807. The lowest BCUT2D eigenvalue weighted by molar-refractivity contribution is -0.119. The quantitative estimate of drug-likeness (QED) is 0.0428. The first kappa shape index (κ1) is 56.0. The molecule has 58 heavy (non-hydrogen) atoms. The summed E-state index contributed by atoms with van der Waals surface area (Å²) in [7, 11) is 4.01. The van der Waals surface area contributed by atoms with Gasteiger partial charge in [-0.15, -0.1) is 0 Å². The molecule has 0 aromatic heterocycles. The van der Waals surface area contributed by atoms with Gasteiger partial charge in [0, 0.05) is 37.1 Å². The summed E-state index contributed by atoms with van der Waals surface area (Å²) < 4.78 is 55.6. The van der Waals surface area contributed by atoms with Crippen molar-refractivity contribution in [3.63, 3.8) is 0 Å². The van der Waals surface area contributed by atoms with Crippen LogP contribution in [0.4, 0.5) is 0 Å². The van der Waals surface area contributed by atoms with Crippen molar-refractivity contribution in [2.75, 3.05) is 138 Å². The molecule has 0 aromatic rings. The molecule has 1 heterocycles. The van der Waals surface area contributed by atoms with Gasteiger partial charge in [0.15, 0.2) is 0 Å². The van der Waals surface area contributed by atoms with Gasteiger partial charge in [0.2, 0.25) is 0 Å². The minimum atomic E-state index is 0.363. The maximum absolute atomic E-state index is 12.0. The van der Waals surface area contributed by atoms with E-state index in [4.69, 9.17) is 47.4 Å². The van der Waals surface area contributed by atoms with Crippen LogP contribution < -0.4 is 0 Å². The minimum Gasteiger partial charge on any atom is -0.379 e. The van der Waals surface area contributed by atoms with Crippen LogP contribution in [0.25, 0.3) is 0 Å². The van der Waals surface area contributed by atoms with Gasteiger partial charge in [-0.1, -0.05) is 118 Å². The Hall–Kier alpha value is -0.0300. The number of hydrogen-bond acceptors (Lipinski definition) is 13. The molecule has 1 unspecified atom stereocenters. The first-order valence-corrected chi connectivity index (χ1v) is 25.8. The Morgan fingerprint density at radius 1 is 0.379 bits per heavy atom. The van der Waals surface area contributed by atoms with E-state index in [9.17, 15) is 4.79 Å². The van der Waals surface area contributed by atoms with Gasteiger partial charge in [-0.2, -0.15) is 0 Å². The van der Waals surface area contributed by atoms with Gasteiger partial charge in [0.1, 0.15) is 5.78 Å². The summed E-state index contributed by atoms with van der Waals surface area (Å²) in [5.41, 5.74) is 0. The smallest absolute Gasteiger partial charge is 0.132 e.